The van der Waals surface area contributed by atoms with E-state index in [1.54, 1.807) is 11.0 Å². The smallest absolute Gasteiger partial charge is 0.236 e. The first-order valence-electron chi connectivity index (χ1n) is 6.57. The van der Waals surface area contributed by atoms with Gasteiger partial charge in [-0.25, -0.2) is 6.08 Å². The maximum Gasteiger partial charge on any atom is 0.236 e. The predicted molar refractivity (Wildman–Crippen MR) is 84.0 cm³/mol. The van der Waals surface area contributed by atoms with Crippen LogP contribution in [0.3, 0.4) is 0 Å². The predicted octanol–water partition coefficient (Wildman–Crippen LogP) is 3.90. The van der Waals surface area contributed by atoms with Crippen LogP contribution in [0.5, 0.6) is 5.75 Å². The molecule has 0 fully saturated rings. The number of halogens is 2. The number of benzene rings is 1. The molecule has 0 spiro atoms. The number of nitrogens with zero attached hydrogens (tertiary/aromatic N) is 1. The fourth-order valence-electron chi connectivity index (χ4n) is 2.15. The third-order valence-electron chi connectivity index (χ3n) is 3.08. The van der Waals surface area contributed by atoms with Gasteiger partial charge < -0.3 is 9.64 Å². The number of alkyl halides is 1. The Labute approximate surface area is 164 Å². The standard InChI is InChI=1S/C15H16BrClNO2.Y/c1-3-18-14(8-7-12(16)15(18)19)11-6-5-10(20-4-2)9-13(11)17;/h5-6,9,12H,3-4,7H2,1-2H3;/q-1;. The van der Waals surface area contributed by atoms with Gasteiger partial charge in [-0.3, -0.25) is 4.79 Å². The Balaban J connectivity index is 0.00000220. The Morgan fingerprint density at radius 1 is 1.48 bits per heavy atom. The van der Waals surface area contributed by atoms with E-state index in [2.05, 4.69) is 22.0 Å². The summed E-state index contributed by atoms with van der Waals surface area (Å²) in [5, 5.41) is 0.567. The van der Waals surface area contributed by atoms with Crippen LogP contribution in [0.4, 0.5) is 0 Å². The first kappa shape index (κ1) is 19.2. The van der Waals surface area contributed by atoms with Crippen LogP contribution in [0.1, 0.15) is 25.8 Å². The first-order valence-corrected chi connectivity index (χ1v) is 7.86. The van der Waals surface area contributed by atoms with E-state index >= 15 is 0 Å². The van der Waals surface area contributed by atoms with Gasteiger partial charge in [-0.1, -0.05) is 22.4 Å². The van der Waals surface area contributed by atoms with Crippen LogP contribution in [0.2, 0.25) is 5.02 Å². The number of carbonyl (C=O) groups is 1. The van der Waals surface area contributed by atoms with Crippen molar-refractivity contribution in [2.24, 2.45) is 0 Å². The van der Waals surface area contributed by atoms with Crippen molar-refractivity contribution in [3.05, 3.63) is 34.9 Å². The zero-order chi connectivity index (χ0) is 14.7. The van der Waals surface area contributed by atoms with Crippen molar-refractivity contribution < 1.29 is 42.2 Å². The van der Waals surface area contributed by atoms with Crippen LogP contribution >= 0.6 is 27.5 Å². The van der Waals surface area contributed by atoms with Crippen molar-refractivity contribution in [2.45, 2.75) is 25.1 Å². The third kappa shape index (κ3) is 4.31. The minimum absolute atomic E-state index is 0. The summed E-state index contributed by atoms with van der Waals surface area (Å²) >= 11 is 9.68. The second-order valence-corrected chi connectivity index (χ2v) is 5.87. The van der Waals surface area contributed by atoms with Crippen molar-refractivity contribution in [1.29, 1.82) is 0 Å². The summed E-state index contributed by atoms with van der Waals surface area (Å²) < 4.78 is 5.42. The van der Waals surface area contributed by atoms with Crippen molar-refractivity contribution >= 4 is 39.1 Å². The molecule has 111 valence electrons. The zero-order valence-corrected chi connectivity index (χ0v) is 17.2. The Kier molecular flexibility index (Phi) is 7.90. The second kappa shape index (κ2) is 8.66. The van der Waals surface area contributed by atoms with Crippen molar-refractivity contribution in [1.82, 2.24) is 4.90 Å². The molecule has 1 aromatic rings. The van der Waals surface area contributed by atoms with Crippen LogP contribution in [-0.4, -0.2) is 28.8 Å². The molecule has 0 saturated carbocycles. The number of allylic oxidation sites excluding steroid dienone is 1. The molecule has 1 atom stereocenters. The SMILES string of the molecule is CCOc1ccc(C2=[C-]CC(Br)C(=O)N2CC)c(Cl)c1.[Y]. The zero-order valence-electron chi connectivity index (χ0n) is 12.0. The van der Waals surface area contributed by atoms with E-state index in [1.807, 2.05) is 26.0 Å². The van der Waals surface area contributed by atoms with Gasteiger partial charge >= 0.3 is 0 Å². The van der Waals surface area contributed by atoms with Gasteiger partial charge in [-0.05, 0) is 31.0 Å². The van der Waals surface area contributed by atoms with Crippen LogP contribution in [0.15, 0.2) is 18.2 Å². The Morgan fingerprint density at radius 2 is 2.19 bits per heavy atom. The molecule has 0 bridgehead atoms. The Bertz CT molecular complexity index is 550. The summed E-state index contributed by atoms with van der Waals surface area (Å²) in [6, 6.07) is 5.51. The maximum absolute atomic E-state index is 12.2. The van der Waals surface area contributed by atoms with E-state index in [4.69, 9.17) is 16.3 Å². The number of carbonyl (C=O) groups excluding carboxylic acids is 1. The van der Waals surface area contributed by atoms with Crippen LogP contribution in [0.25, 0.3) is 5.70 Å². The average molecular weight is 447 g/mol. The van der Waals surface area contributed by atoms with E-state index in [0.717, 1.165) is 17.0 Å². The monoisotopic (exact) mass is 445 g/mol. The summed E-state index contributed by atoms with van der Waals surface area (Å²) in [6.45, 7) is 5.04. The molecule has 21 heavy (non-hydrogen) atoms. The molecule has 1 amide bonds. The molecular weight excluding hydrogens is 430 g/mol. The van der Waals surface area contributed by atoms with Gasteiger partial charge in [0.2, 0.25) is 5.91 Å². The topological polar surface area (TPSA) is 29.5 Å². The van der Waals surface area contributed by atoms with Crippen LogP contribution in [0, 0.1) is 6.08 Å². The van der Waals surface area contributed by atoms with Crippen LogP contribution < -0.4 is 4.74 Å². The quantitative estimate of drug-likeness (QED) is 0.519. The van der Waals surface area contributed by atoms with E-state index in [0.29, 0.717) is 24.6 Å². The van der Waals surface area contributed by atoms with Gasteiger partial charge in [-0.15, -0.1) is 28.9 Å². The Hall–Kier alpha value is 0.104. The largest absolute Gasteiger partial charge is 0.494 e. The minimum Gasteiger partial charge on any atom is -0.494 e. The molecular formula is C15H16BrClNO2Y-. The van der Waals surface area contributed by atoms with Gasteiger partial charge in [0.25, 0.3) is 0 Å². The molecule has 1 heterocycles. The van der Waals surface area contributed by atoms with Gasteiger partial charge in [0.1, 0.15) is 5.75 Å². The summed E-state index contributed by atoms with van der Waals surface area (Å²) in [5.74, 6) is 0.775. The fraction of sp³-hybridized carbons (Fsp3) is 0.400. The molecule has 0 aliphatic carbocycles. The van der Waals surface area contributed by atoms with Gasteiger partial charge in [0.15, 0.2) is 0 Å². The normalized spacial score (nSPS) is 18.1. The summed E-state index contributed by atoms with van der Waals surface area (Å²) in [7, 11) is 0. The molecule has 3 nitrogen and oxygen atoms in total. The molecule has 0 saturated heterocycles. The molecule has 1 aliphatic rings. The van der Waals surface area contributed by atoms with Crippen molar-refractivity contribution in [3.63, 3.8) is 0 Å². The van der Waals surface area contributed by atoms with E-state index in [1.165, 1.54) is 0 Å². The molecule has 0 N–H and O–H groups in total. The van der Waals surface area contributed by atoms with Crippen molar-refractivity contribution in [2.75, 3.05) is 13.2 Å². The summed E-state index contributed by atoms with van der Waals surface area (Å²) in [5.41, 5.74) is 1.56. The summed E-state index contributed by atoms with van der Waals surface area (Å²) in [4.78, 5) is 13.7. The molecule has 1 aliphatic heterocycles. The fourth-order valence-corrected chi connectivity index (χ4v) is 2.82. The van der Waals surface area contributed by atoms with Gasteiger partial charge in [0, 0.05) is 39.3 Å². The number of amides is 1. The summed E-state index contributed by atoms with van der Waals surface area (Å²) in [6.07, 6.45) is 3.81. The van der Waals surface area contributed by atoms with E-state index < -0.39 is 0 Å². The second-order valence-electron chi connectivity index (χ2n) is 4.35. The number of hydrogen-bond acceptors (Lipinski definition) is 2. The maximum atomic E-state index is 12.2. The molecule has 1 unspecified atom stereocenters. The molecule has 2 rings (SSSR count). The third-order valence-corrected chi connectivity index (χ3v) is 4.10. The molecule has 1 aromatic carbocycles. The average Bonchev–Trinajstić information content (AvgIpc) is 2.43. The minimum atomic E-state index is -0.201. The van der Waals surface area contributed by atoms with Gasteiger partial charge in [-0.2, -0.15) is 0 Å². The van der Waals surface area contributed by atoms with Crippen LogP contribution in [-0.2, 0) is 37.5 Å². The van der Waals surface area contributed by atoms with E-state index in [9.17, 15) is 4.79 Å². The number of rotatable bonds is 4. The number of ether oxygens (including phenoxy) is 1. The molecule has 1 radical (unpaired) electrons. The van der Waals surface area contributed by atoms with Gasteiger partial charge in [0.05, 0.1) is 11.4 Å². The molecule has 0 aromatic heterocycles. The number of hydrogen-bond donors (Lipinski definition) is 0. The Morgan fingerprint density at radius 3 is 2.76 bits per heavy atom. The van der Waals surface area contributed by atoms with Crippen molar-refractivity contribution in [3.8, 4) is 5.75 Å². The van der Waals surface area contributed by atoms with E-state index in [-0.39, 0.29) is 43.4 Å². The molecule has 6 heteroatoms. The first-order chi connectivity index (χ1) is 9.58.